The van der Waals surface area contributed by atoms with Gasteiger partial charge in [-0.1, -0.05) is 65.8 Å². The van der Waals surface area contributed by atoms with Gasteiger partial charge in [-0.2, -0.15) is 23.5 Å². The van der Waals surface area contributed by atoms with Gasteiger partial charge < -0.3 is 39.9 Å². The Morgan fingerprint density at radius 3 is 1.88 bits per heavy atom. The van der Waals surface area contributed by atoms with Crippen LogP contribution < -0.4 is 10.6 Å². The normalized spacial score (nSPS) is 24.1. The molecular formula is C56H68N8O6S2. The second kappa shape index (κ2) is 22.2. The zero-order chi connectivity index (χ0) is 49.9. The molecule has 2 aliphatic heterocycles. The number of aryl methyl sites for hydroxylation is 1. The predicted molar refractivity (Wildman–Crippen MR) is 285 cm³/mol. The van der Waals surface area contributed by atoms with Gasteiger partial charge in [0.2, 0.25) is 11.8 Å². The van der Waals surface area contributed by atoms with Crippen molar-refractivity contribution in [3.05, 3.63) is 106 Å². The number of carbonyl (C=O) groups excluding carboxylic acids is 4. The molecule has 2 saturated carbocycles. The van der Waals surface area contributed by atoms with Gasteiger partial charge in [0, 0.05) is 17.6 Å². The van der Waals surface area contributed by atoms with E-state index in [4.69, 9.17) is 19.4 Å². The number of allylic oxidation sites excluding steroid dienone is 5. The first kappa shape index (κ1) is 49.8. The largest absolute Gasteiger partial charge is 0.453 e. The quantitative estimate of drug-likeness (QED) is 0.0897. The number of rotatable bonds is 15. The van der Waals surface area contributed by atoms with Crippen molar-refractivity contribution >= 4 is 59.2 Å². The lowest BCUT2D eigenvalue weighted by Crippen LogP contribution is -2.52. The molecule has 4 fully saturated rings. The first-order valence-corrected chi connectivity index (χ1v) is 28.7. The number of hydrogen-bond acceptors (Lipinski definition) is 10. The van der Waals surface area contributed by atoms with Crippen molar-refractivity contribution in [2.24, 2.45) is 11.8 Å². The van der Waals surface area contributed by atoms with E-state index in [9.17, 15) is 19.2 Å². The van der Waals surface area contributed by atoms with E-state index in [0.717, 1.165) is 128 Å². The Morgan fingerprint density at radius 1 is 0.708 bits per heavy atom. The fourth-order valence-electron chi connectivity index (χ4n) is 12.6. The summed E-state index contributed by atoms with van der Waals surface area (Å²) < 4.78 is 9.81. The molecule has 4 amide bonds. The molecule has 4 N–H and O–H groups in total. The van der Waals surface area contributed by atoms with Crippen molar-refractivity contribution in [2.45, 2.75) is 126 Å². The third-order valence-corrected chi connectivity index (χ3v) is 17.5. The lowest BCUT2D eigenvalue weighted by atomic mass is 9.83. The van der Waals surface area contributed by atoms with Gasteiger partial charge in [-0.05, 0) is 160 Å². The number of carbonyl (C=O) groups is 4. The van der Waals surface area contributed by atoms with Gasteiger partial charge in [-0.15, -0.1) is 0 Å². The number of amides is 4. The number of thioether (sulfide) groups is 2. The highest BCUT2D eigenvalue weighted by molar-refractivity contribution is 7.98. The summed E-state index contributed by atoms with van der Waals surface area (Å²) in [5.74, 6) is 3.61. The third-order valence-electron chi connectivity index (χ3n) is 16.2. The minimum absolute atomic E-state index is 0.0603. The molecule has 7 aliphatic carbocycles. The summed E-state index contributed by atoms with van der Waals surface area (Å²) in [6.07, 6.45) is 26.5. The average molecular weight is 1010 g/mol. The Bertz CT molecular complexity index is 2750. The number of hydrogen-bond donors (Lipinski definition) is 4. The highest BCUT2D eigenvalue weighted by Gasteiger charge is 2.52. The Balaban J connectivity index is 0.868. The van der Waals surface area contributed by atoms with Crippen LogP contribution in [0.25, 0.3) is 34.2 Å². The summed E-state index contributed by atoms with van der Waals surface area (Å²) in [7, 11) is 2.66. The first-order valence-electron chi connectivity index (χ1n) is 25.9. The highest BCUT2D eigenvalue weighted by atomic mass is 32.2. The average Bonchev–Trinajstić information content (AvgIpc) is 4.30. The van der Waals surface area contributed by atoms with E-state index in [1.165, 1.54) is 42.1 Å². The SMILES string of the molecule is COC(=O)N[C@@H](CCSC)C(=O)N1C2CCC(C2)[C@H]1c1ncc(-c2ccc(C3=C4CCC(=C3)CCC=Cc3ccc(cc3-c3cnc([C@@H]5C6CCC(C6)N5C(=O)[C@H](CCSC)NC(=O)OC)[nH]3)CC4)cc2)[nH]1. The summed E-state index contributed by atoms with van der Waals surface area (Å²) in [5, 5.41) is 5.64. The van der Waals surface area contributed by atoms with Crippen molar-refractivity contribution in [2.75, 3.05) is 38.2 Å². The monoisotopic (exact) mass is 1010 g/mol. The first-order chi connectivity index (χ1) is 35.1. The molecule has 2 aromatic heterocycles. The molecule has 4 aromatic rings. The number of imidazole rings is 2. The molecule has 8 atom stereocenters. The minimum Gasteiger partial charge on any atom is -0.453 e. The summed E-state index contributed by atoms with van der Waals surface area (Å²) in [4.78, 5) is 74.4. The number of alkyl carbamates (subject to hydrolysis) is 2. The molecule has 4 heterocycles. The number of benzene rings is 2. The minimum atomic E-state index is -0.656. The second-order valence-corrected chi connectivity index (χ2v) is 22.4. The summed E-state index contributed by atoms with van der Waals surface area (Å²) in [5.41, 5.74) is 11.9. The fraction of sp³-hybridized carbons (Fsp3) is 0.500. The lowest BCUT2D eigenvalue weighted by molar-refractivity contribution is -0.139. The Hall–Kier alpha value is -5.74. The number of aromatic nitrogens is 4. The highest BCUT2D eigenvalue weighted by Crippen LogP contribution is 2.52. The van der Waals surface area contributed by atoms with Crippen molar-refractivity contribution in [1.82, 2.24) is 40.4 Å². The van der Waals surface area contributed by atoms with Crippen LogP contribution in [-0.2, 0) is 25.5 Å². The van der Waals surface area contributed by atoms with Crippen LogP contribution in [-0.4, -0.2) is 116 Å². The number of fused-ring (bicyclic) bond motifs is 4. The van der Waals surface area contributed by atoms with E-state index in [1.807, 2.05) is 34.7 Å². The van der Waals surface area contributed by atoms with Crippen LogP contribution >= 0.6 is 23.5 Å². The second-order valence-electron chi connectivity index (χ2n) is 20.4. The third kappa shape index (κ3) is 10.3. The van der Waals surface area contributed by atoms with Crippen LogP contribution in [0.5, 0.6) is 0 Å². The number of likely N-dealkylation sites (tertiary alicyclic amines) is 2. The molecule has 14 nitrogen and oxygen atoms in total. The van der Waals surface area contributed by atoms with E-state index in [1.54, 1.807) is 23.5 Å². The summed E-state index contributed by atoms with van der Waals surface area (Å²) in [6, 6.07) is 14.3. The molecule has 4 unspecified atom stereocenters. The van der Waals surface area contributed by atoms with Crippen molar-refractivity contribution in [3.8, 4) is 22.5 Å². The molecular weight excluding hydrogens is 945 g/mol. The van der Waals surface area contributed by atoms with Crippen molar-refractivity contribution < 1.29 is 28.7 Å². The van der Waals surface area contributed by atoms with Gasteiger partial charge in [0.25, 0.3) is 0 Å². The van der Waals surface area contributed by atoms with E-state index in [2.05, 4.69) is 81.3 Å². The van der Waals surface area contributed by atoms with Gasteiger partial charge in [0.05, 0.1) is 50.1 Å². The molecule has 9 aliphatic rings. The van der Waals surface area contributed by atoms with Crippen LogP contribution in [0.2, 0.25) is 0 Å². The van der Waals surface area contributed by atoms with Crippen LogP contribution in [0.4, 0.5) is 9.59 Å². The maximum Gasteiger partial charge on any atom is 0.407 e. The van der Waals surface area contributed by atoms with E-state index < -0.39 is 24.3 Å². The van der Waals surface area contributed by atoms with Gasteiger partial charge in [-0.25, -0.2) is 19.6 Å². The van der Waals surface area contributed by atoms with Crippen LogP contribution in [0.3, 0.4) is 0 Å². The van der Waals surface area contributed by atoms with Crippen LogP contribution in [0.1, 0.15) is 124 Å². The van der Waals surface area contributed by atoms with Crippen LogP contribution in [0.15, 0.2) is 78.2 Å². The molecule has 0 spiro atoms. The summed E-state index contributed by atoms with van der Waals surface area (Å²) >= 11 is 3.31. The molecule has 0 radical (unpaired) electrons. The Labute approximate surface area is 431 Å². The molecule has 72 heavy (non-hydrogen) atoms. The van der Waals surface area contributed by atoms with E-state index in [0.29, 0.717) is 24.7 Å². The fourth-order valence-corrected chi connectivity index (χ4v) is 13.6. The smallest absolute Gasteiger partial charge is 0.407 e. The summed E-state index contributed by atoms with van der Waals surface area (Å²) in [6.45, 7) is 0. The molecule has 13 rings (SSSR count). The van der Waals surface area contributed by atoms with Gasteiger partial charge >= 0.3 is 12.2 Å². The number of piperidine rings is 2. The molecule has 8 bridgehead atoms. The maximum absolute atomic E-state index is 14.3. The molecule has 2 aromatic carbocycles. The van der Waals surface area contributed by atoms with E-state index in [-0.39, 0.29) is 36.0 Å². The van der Waals surface area contributed by atoms with Gasteiger partial charge in [0.15, 0.2) is 0 Å². The Morgan fingerprint density at radius 2 is 1.28 bits per heavy atom. The standard InChI is InChI=1S/C56H68N8O6S2/c1-69-55(67)61-45(23-25-71-3)53(65)63-41-21-19-39(29-41)49(63)51-57-31-47(59-51)38-17-15-37(16-18-38)43-27-33-7-5-6-8-35-12-10-34(11-14-36(43)13-9-33)28-44(35)48-32-58-52(60-48)50-40-20-22-42(30-40)64(50)54(66)46(24-26-72-4)62-56(68)70-2/h6,8,10,12,15-18,27-28,31-32,39-42,45-46,49-50H,5,7,9,11,13-14,19-26,29-30H2,1-4H3,(H,57,59)(H,58,60)(H,61,67)(H,62,68)/t39?,40?,41?,42?,45-,46-,49-,50-/m0/s1. The number of ether oxygens (including phenoxy) is 2. The molecule has 16 heteroatoms. The zero-order valence-corrected chi connectivity index (χ0v) is 43.5. The topological polar surface area (TPSA) is 175 Å². The zero-order valence-electron chi connectivity index (χ0n) is 41.9. The Kier molecular flexibility index (Phi) is 15.3. The number of H-pyrrole nitrogens is 2. The van der Waals surface area contributed by atoms with Gasteiger partial charge in [0.1, 0.15) is 23.7 Å². The molecule has 380 valence electrons. The van der Waals surface area contributed by atoms with Gasteiger partial charge in [-0.3, -0.25) is 9.59 Å². The van der Waals surface area contributed by atoms with Crippen molar-refractivity contribution in [3.63, 3.8) is 0 Å². The maximum atomic E-state index is 14.3. The number of nitrogens with zero attached hydrogens (tertiary/aromatic N) is 4. The number of aromatic amines is 2. The lowest BCUT2D eigenvalue weighted by Gasteiger charge is -2.36. The predicted octanol–water partition coefficient (Wildman–Crippen LogP) is 10.4. The van der Waals surface area contributed by atoms with E-state index >= 15 is 0 Å². The number of methoxy groups -OCH3 is 2. The van der Waals surface area contributed by atoms with Crippen molar-refractivity contribution in [1.29, 1.82) is 0 Å². The van der Waals surface area contributed by atoms with Crippen LogP contribution in [0, 0.1) is 11.8 Å². The number of nitrogens with one attached hydrogen (secondary N) is 4. The molecule has 2 saturated heterocycles.